The molecule has 0 bridgehead atoms. The average Bonchev–Trinajstić information content (AvgIpc) is 2.64. The van der Waals surface area contributed by atoms with E-state index in [0.29, 0.717) is 21.8 Å². The fraction of sp³-hybridized carbons (Fsp3) is 0.0476. The Morgan fingerprint density at radius 3 is 1.81 bits per heavy atom. The zero-order chi connectivity index (χ0) is 18.5. The molecule has 3 aromatic carbocycles. The van der Waals surface area contributed by atoms with E-state index in [1.54, 1.807) is 48.5 Å². The van der Waals surface area contributed by atoms with Crippen molar-refractivity contribution in [3.05, 3.63) is 94.5 Å². The van der Waals surface area contributed by atoms with Crippen LogP contribution in [0.5, 0.6) is 0 Å². The maximum Gasteiger partial charge on any atom is 0.255 e. The zero-order valence-corrected chi connectivity index (χ0v) is 14.9. The van der Waals surface area contributed by atoms with E-state index in [4.69, 9.17) is 11.6 Å². The van der Waals surface area contributed by atoms with Crippen molar-refractivity contribution in [2.45, 2.75) is 6.92 Å². The van der Waals surface area contributed by atoms with Gasteiger partial charge in [-0.15, -0.1) is 0 Å². The van der Waals surface area contributed by atoms with E-state index in [1.165, 1.54) is 0 Å². The third-order valence-corrected chi connectivity index (χ3v) is 4.04. The minimum atomic E-state index is -0.266. The van der Waals surface area contributed by atoms with Gasteiger partial charge in [0.1, 0.15) is 0 Å². The summed E-state index contributed by atoms with van der Waals surface area (Å²) in [4.78, 5) is 24.6. The first-order valence-electron chi connectivity index (χ1n) is 8.06. The molecule has 0 saturated carbocycles. The number of carbonyl (C=O) groups is 2. The molecule has 130 valence electrons. The van der Waals surface area contributed by atoms with Crippen LogP contribution in [0.2, 0.25) is 5.02 Å². The first-order chi connectivity index (χ1) is 12.5. The number of nitrogens with one attached hydrogen (secondary N) is 2. The summed E-state index contributed by atoms with van der Waals surface area (Å²) in [6.07, 6.45) is 0. The normalized spacial score (nSPS) is 10.2. The van der Waals surface area contributed by atoms with Crippen molar-refractivity contribution in [3.63, 3.8) is 0 Å². The molecule has 0 fully saturated rings. The second-order valence-electron chi connectivity index (χ2n) is 5.86. The molecule has 0 spiro atoms. The van der Waals surface area contributed by atoms with Crippen molar-refractivity contribution in [2.24, 2.45) is 0 Å². The first kappa shape index (κ1) is 17.7. The van der Waals surface area contributed by atoms with E-state index >= 15 is 0 Å². The molecule has 5 heteroatoms. The number of benzene rings is 3. The number of aryl methyl sites for hydroxylation is 1. The van der Waals surface area contributed by atoms with Crippen LogP contribution >= 0.6 is 11.6 Å². The van der Waals surface area contributed by atoms with Crippen molar-refractivity contribution < 1.29 is 9.59 Å². The van der Waals surface area contributed by atoms with Gasteiger partial charge in [-0.05, 0) is 61.5 Å². The van der Waals surface area contributed by atoms with Crippen LogP contribution < -0.4 is 10.6 Å². The van der Waals surface area contributed by atoms with Gasteiger partial charge in [0.15, 0.2) is 0 Å². The van der Waals surface area contributed by atoms with Gasteiger partial charge in [0.25, 0.3) is 11.8 Å². The lowest BCUT2D eigenvalue weighted by atomic mass is 10.1. The van der Waals surface area contributed by atoms with E-state index in [-0.39, 0.29) is 11.8 Å². The SMILES string of the molecule is Cc1ccc(NC(=O)c2ccc(C(=O)Nc3cccc(Cl)c3)cc2)cc1. The fourth-order valence-corrected chi connectivity index (χ4v) is 2.57. The Bertz CT molecular complexity index is 935. The second kappa shape index (κ2) is 7.85. The van der Waals surface area contributed by atoms with E-state index < -0.39 is 0 Å². The average molecular weight is 365 g/mol. The maximum atomic E-state index is 12.3. The molecular formula is C21H17ClN2O2. The van der Waals surface area contributed by atoms with Crippen LogP contribution in [0, 0.1) is 6.92 Å². The molecule has 3 aromatic rings. The predicted molar refractivity (Wildman–Crippen MR) is 105 cm³/mol. The van der Waals surface area contributed by atoms with Crippen LogP contribution in [0.25, 0.3) is 0 Å². The largest absolute Gasteiger partial charge is 0.322 e. The highest BCUT2D eigenvalue weighted by molar-refractivity contribution is 6.31. The molecule has 0 atom stereocenters. The molecule has 0 heterocycles. The van der Waals surface area contributed by atoms with Gasteiger partial charge < -0.3 is 10.6 Å². The van der Waals surface area contributed by atoms with Crippen LogP contribution in [0.1, 0.15) is 26.3 Å². The number of hydrogen-bond acceptors (Lipinski definition) is 2. The van der Waals surface area contributed by atoms with E-state index in [0.717, 1.165) is 11.3 Å². The highest BCUT2D eigenvalue weighted by atomic mass is 35.5. The number of hydrogen-bond donors (Lipinski definition) is 2. The first-order valence-corrected chi connectivity index (χ1v) is 8.44. The summed E-state index contributed by atoms with van der Waals surface area (Å²) in [5, 5.41) is 6.14. The molecule has 0 unspecified atom stereocenters. The van der Waals surface area contributed by atoms with Crippen LogP contribution in [-0.4, -0.2) is 11.8 Å². The minimum absolute atomic E-state index is 0.226. The Hall–Kier alpha value is -3.11. The Kier molecular flexibility index (Phi) is 5.34. The van der Waals surface area contributed by atoms with Gasteiger partial charge in [-0.1, -0.05) is 35.4 Å². The summed E-state index contributed by atoms with van der Waals surface area (Å²) in [5.41, 5.74) is 3.40. The van der Waals surface area contributed by atoms with Crippen molar-refractivity contribution >= 4 is 34.8 Å². The standard InChI is InChI=1S/C21H17ClN2O2/c1-14-5-11-18(12-6-14)23-20(25)15-7-9-16(10-8-15)21(26)24-19-4-2-3-17(22)13-19/h2-13H,1H3,(H,23,25)(H,24,26). The summed E-state index contributed by atoms with van der Waals surface area (Å²) in [6, 6.07) is 20.9. The molecule has 2 amide bonds. The van der Waals surface area contributed by atoms with E-state index in [1.807, 2.05) is 31.2 Å². The molecule has 26 heavy (non-hydrogen) atoms. The number of carbonyl (C=O) groups excluding carboxylic acids is 2. The molecular weight excluding hydrogens is 348 g/mol. The minimum Gasteiger partial charge on any atom is -0.322 e. The van der Waals surface area contributed by atoms with Crippen LogP contribution in [0.15, 0.2) is 72.8 Å². The van der Waals surface area contributed by atoms with Crippen molar-refractivity contribution in [2.75, 3.05) is 10.6 Å². The highest BCUT2D eigenvalue weighted by Gasteiger charge is 2.10. The predicted octanol–water partition coefficient (Wildman–Crippen LogP) is 5.15. The van der Waals surface area contributed by atoms with Gasteiger partial charge in [-0.3, -0.25) is 9.59 Å². The fourth-order valence-electron chi connectivity index (χ4n) is 2.38. The highest BCUT2D eigenvalue weighted by Crippen LogP contribution is 2.16. The Labute approximate surface area is 156 Å². The topological polar surface area (TPSA) is 58.2 Å². The number of amides is 2. The summed E-state index contributed by atoms with van der Waals surface area (Å²) in [7, 11) is 0. The molecule has 2 N–H and O–H groups in total. The summed E-state index contributed by atoms with van der Waals surface area (Å²) in [6.45, 7) is 1.98. The van der Waals surface area contributed by atoms with Crippen LogP contribution in [0.4, 0.5) is 11.4 Å². The van der Waals surface area contributed by atoms with Gasteiger partial charge in [0, 0.05) is 27.5 Å². The number of anilines is 2. The van der Waals surface area contributed by atoms with Gasteiger partial charge >= 0.3 is 0 Å². The Balaban J connectivity index is 1.66. The Morgan fingerprint density at radius 1 is 0.731 bits per heavy atom. The van der Waals surface area contributed by atoms with Gasteiger partial charge in [0.2, 0.25) is 0 Å². The van der Waals surface area contributed by atoms with Crippen molar-refractivity contribution in [3.8, 4) is 0 Å². The van der Waals surface area contributed by atoms with E-state index in [9.17, 15) is 9.59 Å². The molecule has 0 aliphatic rings. The van der Waals surface area contributed by atoms with E-state index in [2.05, 4.69) is 10.6 Å². The summed E-state index contributed by atoms with van der Waals surface area (Å²) in [5.74, 6) is -0.492. The van der Waals surface area contributed by atoms with Gasteiger partial charge in [0.05, 0.1) is 0 Å². The molecule has 0 aromatic heterocycles. The third-order valence-electron chi connectivity index (χ3n) is 3.80. The van der Waals surface area contributed by atoms with Crippen LogP contribution in [0.3, 0.4) is 0 Å². The van der Waals surface area contributed by atoms with Crippen molar-refractivity contribution in [1.82, 2.24) is 0 Å². The molecule has 0 radical (unpaired) electrons. The quantitative estimate of drug-likeness (QED) is 0.672. The Morgan fingerprint density at radius 2 is 1.27 bits per heavy atom. The monoisotopic (exact) mass is 364 g/mol. The number of halogens is 1. The zero-order valence-electron chi connectivity index (χ0n) is 14.1. The van der Waals surface area contributed by atoms with Crippen molar-refractivity contribution in [1.29, 1.82) is 0 Å². The lowest BCUT2D eigenvalue weighted by Crippen LogP contribution is -2.14. The molecule has 0 saturated heterocycles. The molecule has 0 aliphatic carbocycles. The number of rotatable bonds is 4. The summed E-state index contributed by atoms with van der Waals surface area (Å²) < 4.78 is 0. The maximum absolute atomic E-state index is 12.3. The molecule has 3 rings (SSSR count). The molecule has 4 nitrogen and oxygen atoms in total. The van der Waals surface area contributed by atoms with Gasteiger partial charge in [-0.2, -0.15) is 0 Å². The third kappa shape index (κ3) is 4.49. The smallest absolute Gasteiger partial charge is 0.255 e. The van der Waals surface area contributed by atoms with Gasteiger partial charge in [-0.25, -0.2) is 0 Å². The lowest BCUT2D eigenvalue weighted by molar-refractivity contribution is 0.101. The molecule has 0 aliphatic heterocycles. The lowest BCUT2D eigenvalue weighted by Gasteiger charge is -2.08. The second-order valence-corrected chi connectivity index (χ2v) is 6.30. The summed E-state index contributed by atoms with van der Waals surface area (Å²) >= 11 is 5.91. The van der Waals surface area contributed by atoms with Crippen LogP contribution in [-0.2, 0) is 0 Å².